The number of aromatic amines is 1. The molecule has 0 saturated heterocycles. The van der Waals surface area contributed by atoms with Gasteiger partial charge in [0.15, 0.2) is 0 Å². The molecule has 84 valence electrons. The molecule has 1 aromatic carbocycles. The van der Waals surface area contributed by atoms with E-state index in [0.29, 0.717) is 12.6 Å². The molecule has 1 aliphatic carbocycles. The van der Waals surface area contributed by atoms with Crippen LogP contribution in [0.15, 0.2) is 23.0 Å². The molecule has 3 rings (SSSR count). The van der Waals surface area contributed by atoms with Gasteiger partial charge in [0.25, 0.3) is 0 Å². The summed E-state index contributed by atoms with van der Waals surface area (Å²) in [4.78, 5) is 14.8. The molecule has 0 bridgehead atoms. The fourth-order valence-corrected chi connectivity index (χ4v) is 2.27. The van der Waals surface area contributed by atoms with E-state index < -0.39 is 0 Å². The number of hydrogen-bond donors (Lipinski definition) is 2. The SMILES string of the molecule is NCCc1cccc2c1[nH]c(=O)n2C1CC1. The van der Waals surface area contributed by atoms with Crippen LogP contribution in [0.2, 0.25) is 0 Å². The van der Waals surface area contributed by atoms with Crippen LogP contribution in [0.5, 0.6) is 0 Å². The first-order chi connectivity index (χ1) is 7.81. The Morgan fingerprint density at radius 1 is 1.44 bits per heavy atom. The summed E-state index contributed by atoms with van der Waals surface area (Å²) in [5.74, 6) is 0. The summed E-state index contributed by atoms with van der Waals surface area (Å²) in [5, 5.41) is 0. The lowest BCUT2D eigenvalue weighted by atomic mass is 10.1. The van der Waals surface area contributed by atoms with Crippen LogP contribution >= 0.6 is 0 Å². The standard InChI is InChI=1S/C12H15N3O/c13-7-6-8-2-1-3-10-11(8)14-12(16)15(10)9-4-5-9/h1-3,9H,4-7,13H2,(H,14,16). The highest BCUT2D eigenvalue weighted by Crippen LogP contribution is 2.35. The maximum absolute atomic E-state index is 11.9. The highest BCUT2D eigenvalue weighted by Gasteiger charge is 2.27. The number of benzene rings is 1. The van der Waals surface area contributed by atoms with Gasteiger partial charge < -0.3 is 10.7 Å². The van der Waals surface area contributed by atoms with Crippen LogP contribution in [-0.2, 0) is 6.42 Å². The number of rotatable bonds is 3. The van der Waals surface area contributed by atoms with Crippen molar-refractivity contribution >= 4 is 11.0 Å². The van der Waals surface area contributed by atoms with Gasteiger partial charge in [0.05, 0.1) is 11.0 Å². The summed E-state index contributed by atoms with van der Waals surface area (Å²) >= 11 is 0. The van der Waals surface area contributed by atoms with Crippen LogP contribution in [-0.4, -0.2) is 16.1 Å². The average molecular weight is 217 g/mol. The van der Waals surface area contributed by atoms with E-state index in [1.807, 2.05) is 22.8 Å². The maximum atomic E-state index is 11.9. The smallest absolute Gasteiger partial charge is 0.326 e. The fraction of sp³-hybridized carbons (Fsp3) is 0.417. The van der Waals surface area contributed by atoms with Crippen molar-refractivity contribution in [3.8, 4) is 0 Å². The van der Waals surface area contributed by atoms with E-state index in [1.54, 1.807) is 0 Å². The molecule has 0 radical (unpaired) electrons. The van der Waals surface area contributed by atoms with Crippen molar-refractivity contribution in [1.29, 1.82) is 0 Å². The Morgan fingerprint density at radius 2 is 2.25 bits per heavy atom. The number of aromatic nitrogens is 2. The van der Waals surface area contributed by atoms with Gasteiger partial charge in [-0.15, -0.1) is 0 Å². The van der Waals surface area contributed by atoms with Crippen LogP contribution in [0, 0.1) is 0 Å². The first-order valence-corrected chi connectivity index (χ1v) is 5.73. The predicted octanol–water partition coefficient (Wildman–Crippen LogP) is 1.17. The van der Waals surface area contributed by atoms with E-state index >= 15 is 0 Å². The van der Waals surface area contributed by atoms with Gasteiger partial charge in [-0.3, -0.25) is 4.57 Å². The molecule has 4 nitrogen and oxygen atoms in total. The average Bonchev–Trinajstić information content (AvgIpc) is 3.03. The van der Waals surface area contributed by atoms with Crippen LogP contribution in [0.25, 0.3) is 11.0 Å². The van der Waals surface area contributed by atoms with Gasteiger partial charge in [-0.05, 0) is 37.4 Å². The first-order valence-electron chi connectivity index (χ1n) is 5.73. The lowest BCUT2D eigenvalue weighted by Gasteiger charge is -2.02. The van der Waals surface area contributed by atoms with Crippen LogP contribution < -0.4 is 11.4 Å². The highest BCUT2D eigenvalue weighted by molar-refractivity contribution is 5.79. The number of nitrogens with zero attached hydrogens (tertiary/aromatic N) is 1. The molecule has 1 fully saturated rings. The molecule has 4 heteroatoms. The van der Waals surface area contributed by atoms with E-state index in [9.17, 15) is 4.79 Å². The molecular formula is C12H15N3O. The quantitative estimate of drug-likeness (QED) is 0.810. The highest BCUT2D eigenvalue weighted by atomic mass is 16.1. The predicted molar refractivity (Wildman–Crippen MR) is 63.6 cm³/mol. The fourth-order valence-electron chi connectivity index (χ4n) is 2.27. The monoisotopic (exact) mass is 217 g/mol. The summed E-state index contributed by atoms with van der Waals surface area (Å²) in [6.07, 6.45) is 3.05. The minimum absolute atomic E-state index is 0.0157. The van der Waals surface area contributed by atoms with Crippen LogP contribution in [0.4, 0.5) is 0 Å². The van der Waals surface area contributed by atoms with Crippen LogP contribution in [0.3, 0.4) is 0 Å². The van der Waals surface area contributed by atoms with Crippen molar-refractivity contribution in [2.75, 3.05) is 6.54 Å². The molecular weight excluding hydrogens is 202 g/mol. The lowest BCUT2D eigenvalue weighted by molar-refractivity contribution is 0.733. The largest absolute Gasteiger partial charge is 0.330 e. The third kappa shape index (κ3) is 1.38. The van der Waals surface area contributed by atoms with Crippen molar-refractivity contribution in [3.05, 3.63) is 34.2 Å². The summed E-state index contributed by atoms with van der Waals surface area (Å²) in [5.41, 5.74) is 8.71. The summed E-state index contributed by atoms with van der Waals surface area (Å²) in [6.45, 7) is 0.607. The molecule has 3 N–H and O–H groups in total. The van der Waals surface area contributed by atoms with Gasteiger partial charge in [-0.2, -0.15) is 0 Å². The molecule has 0 aliphatic heterocycles. The molecule has 16 heavy (non-hydrogen) atoms. The van der Waals surface area contributed by atoms with Gasteiger partial charge in [0.1, 0.15) is 0 Å². The Labute approximate surface area is 93.1 Å². The number of nitrogens with two attached hydrogens (primary N) is 1. The molecule has 1 heterocycles. The number of nitrogens with one attached hydrogen (secondary N) is 1. The van der Waals surface area contributed by atoms with Crippen molar-refractivity contribution < 1.29 is 0 Å². The molecule has 2 aromatic rings. The lowest BCUT2D eigenvalue weighted by Crippen LogP contribution is -2.14. The van der Waals surface area contributed by atoms with E-state index in [2.05, 4.69) is 4.98 Å². The molecule has 0 amide bonds. The van der Waals surface area contributed by atoms with Gasteiger partial charge >= 0.3 is 5.69 Å². The summed E-state index contributed by atoms with van der Waals surface area (Å²) < 4.78 is 1.88. The van der Waals surface area contributed by atoms with E-state index in [4.69, 9.17) is 5.73 Å². The van der Waals surface area contributed by atoms with Crippen LogP contribution in [0.1, 0.15) is 24.4 Å². The second-order valence-electron chi connectivity index (χ2n) is 4.38. The van der Waals surface area contributed by atoms with Crippen molar-refractivity contribution in [3.63, 3.8) is 0 Å². The molecule has 0 spiro atoms. The van der Waals surface area contributed by atoms with Crippen molar-refractivity contribution in [1.82, 2.24) is 9.55 Å². The molecule has 1 aliphatic rings. The second kappa shape index (κ2) is 3.49. The number of para-hydroxylation sites is 1. The zero-order valence-electron chi connectivity index (χ0n) is 9.07. The van der Waals surface area contributed by atoms with Gasteiger partial charge in [0, 0.05) is 6.04 Å². The minimum Gasteiger partial charge on any atom is -0.330 e. The summed E-state index contributed by atoms with van der Waals surface area (Å²) in [7, 11) is 0. The Balaban J connectivity index is 2.25. The molecule has 1 aromatic heterocycles. The summed E-state index contributed by atoms with van der Waals surface area (Å²) in [6, 6.07) is 6.45. The van der Waals surface area contributed by atoms with E-state index in [1.165, 1.54) is 0 Å². The third-order valence-corrected chi connectivity index (χ3v) is 3.16. The Kier molecular flexibility index (Phi) is 2.11. The van der Waals surface area contributed by atoms with E-state index in [-0.39, 0.29) is 5.69 Å². The Morgan fingerprint density at radius 3 is 2.94 bits per heavy atom. The number of H-pyrrole nitrogens is 1. The number of imidazole rings is 1. The normalized spacial score (nSPS) is 15.8. The van der Waals surface area contributed by atoms with Crippen molar-refractivity contribution in [2.24, 2.45) is 5.73 Å². The van der Waals surface area contributed by atoms with E-state index in [0.717, 1.165) is 35.9 Å². The third-order valence-electron chi connectivity index (χ3n) is 3.16. The first kappa shape index (κ1) is 9.66. The molecule has 0 unspecified atom stereocenters. The Bertz CT molecular complexity index is 577. The second-order valence-corrected chi connectivity index (χ2v) is 4.38. The van der Waals surface area contributed by atoms with Gasteiger partial charge in [-0.25, -0.2) is 4.79 Å². The topological polar surface area (TPSA) is 63.8 Å². The molecule has 1 saturated carbocycles. The van der Waals surface area contributed by atoms with Crippen molar-refractivity contribution in [2.45, 2.75) is 25.3 Å². The molecule has 0 atom stereocenters. The maximum Gasteiger partial charge on any atom is 0.326 e. The zero-order chi connectivity index (χ0) is 11.1. The number of fused-ring (bicyclic) bond motifs is 1. The Hall–Kier alpha value is -1.55. The zero-order valence-corrected chi connectivity index (χ0v) is 9.07. The minimum atomic E-state index is 0.0157. The van der Waals surface area contributed by atoms with Gasteiger partial charge in [-0.1, -0.05) is 12.1 Å². The number of hydrogen-bond acceptors (Lipinski definition) is 2. The van der Waals surface area contributed by atoms with Gasteiger partial charge in [0.2, 0.25) is 0 Å².